The lowest BCUT2D eigenvalue weighted by Crippen LogP contribution is -2.56. The minimum Gasteiger partial charge on any atom is -0.488 e. The molecule has 3 heterocycles. The van der Waals surface area contributed by atoms with Crippen LogP contribution >= 0.6 is 0 Å². The zero-order chi connectivity index (χ0) is 22.5. The summed E-state index contributed by atoms with van der Waals surface area (Å²) in [4.78, 5) is 6.18. The third-order valence-electron chi connectivity index (χ3n) is 5.10. The van der Waals surface area contributed by atoms with Gasteiger partial charge in [0.05, 0.1) is 19.3 Å². The maximum atomic E-state index is 9.75. The van der Waals surface area contributed by atoms with Crippen molar-refractivity contribution in [1.29, 1.82) is 0 Å². The number of aliphatic hydroxyl groups excluding tert-OH is 3. The molecule has 1 saturated heterocycles. The molecule has 0 spiro atoms. The van der Waals surface area contributed by atoms with Crippen LogP contribution in [-0.4, -0.2) is 73.4 Å². The summed E-state index contributed by atoms with van der Waals surface area (Å²) >= 11 is 0. The molecule has 1 fully saturated rings. The lowest BCUT2D eigenvalue weighted by Gasteiger charge is -2.39. The Morgan fingerprint density at radius 1 is 1.22 bits per heavy atom. The number of β-amino-alcohol motifs (C(OH)–C–C–N with tert-alkyl or cyclic N) is 1. The first-order valence-electron chi connectivity index (χ1n) is 10.4. The fourth-order valence-corrected chi connectivity index (χ4v) is 3.49. The monoisotopic (exact) mass is 438 g/mol. The zero-order valence-electron chi connectivity index (χ0n) is 17.8. The van der Waals surface area contributed by atoms with Gasteiger partial charge in [-0.3, -0.25) is 4.90 Å². The van der Waals surface area contributed by atoms with E-state index in [1.165, 1.54) is 0 Å². The Hall–Kier alpha value is -3.16. The molecule has 9 nitrogen and oxygen atoms in total. The van der Waals surface area contributed by atoms with E-state index in [2.05, 4.69) is 22.0 Å². The topological polar surface area (TPSA) is 117 Å². The molecule has 2 aromatic heterocycles. The van der Waals surface area contributed by atoms with Gasteiger partial charge in [-0.15, -0.1) is 0 Å². The van der Waals surface area contributed by atoms with Crippen molar-refractivity contribution >= 4 is 0 Å². The van der Waals surface area contributed by atoms with Crippen molar-refractivity contribution in [2.75, 3.05) is 26.2 Å². The molecule has 2 atom stereocenters. The van der Waals surface area contributed by atoms with Crippen LogP contribution in [0.2, 0.25) is 0 Å². The standard InChI is InChI=1S/C23H26N4O5/c1-16(29)23-24-8-9-27(23)11-18-10-21(32-25-18)7-4-17-2-5-20(6-3-17)31-22-13-26(14-22)12-19(30)15-28/h2-3,5-6,8-10,16,19,22,28-30H,11-15H2,1H3/t16-,19?/m0/s1. The number of ether oxygens (including phenoxy) is 1. The van der Waals surface area contributed by atoms with E-state index in [-0.39, 0.29) is 12.7 Å². The summed E-state index contributed by atoms with van der Waals surface area (Å²) in [5.74, 6) is 7.80. The van der Waals surface area contributed by atoms with E-state index in [1.807, 2.05) is 33.7 Å². The number of likely N-dealkylation sites (tertiary alicyclic amines) is 1. The highest BCUT2D eigenvalue weighted by molar-refractivity contribution is 5.42. The summed E-state index contributed by atoms with van der Waals surface area (Å²) in [6, 6.07) is 9.28. The van der Waals surface area contributed by atoms with E-state index in [4.69, 9.17) is 14.4 Å². The second-order valence-corrected chi connectivity index (χ2v) is 7.84. The van der Waals surface area contributed by atoms with Crippen molar-refractivity contribution in [1.82, 2.24) is 19.6 Å². The number of benzene rings is 1. The highest BCUT2D eigenvalue weighted by atomic mass is 16.5. The zero-order valence-corrected chi connectivity index (χ0v) is 17.8. The largest absolute Gasteiger partial charge is 0.488 e. The molecule has 1 aliphatic rings. The van der Waals surface area contributed by atoms with E-state index >= 15 is 0 Å². The summed E-state index contributed by atoms with van der Waals surface area (Å²) in [6.07, 6.45) is 2.13. The van der Waals surface area contributed by atoms with E-state index in [0.29, 0.717) is 30.4 Å². The Kier molecular flexibility index (Phi) is 6.87. The molecule has 0 bridgehead atoms. The Labute approximate surface area is 185 Å². The molecule has 1 unspecified atom stereocenters. The van der Waals surface area contributed by atoms with Crippen LogP contribution in [0.25, 0.3) is 0 Å². The minimum absolute atomic E-state index is 0.0790. The average Bonchev–Trinajstić information content (AvgIpc) is 3.41. The number of imidazole rings is 1. The van der Waals surface area contributed by atoms with Crippen LogP contribution in [-0.2, 0) is 6.54 Å². The van der Waals surface area contributed by atoms with Gasteiger partial charge in [-0.05, 0) is 37.1 Å². The van der Waals surface area contributed by atoms with Crippen LogP contribution in [0.1, 0.15) is 35.9 Å². The first-order chi connectivity index (χ1) is 15.5. The number of hydrogen-bond acceptors (Lipinski definition) is 8. The Morgan fingerprint density at radius 3 is 2.72 bits per heavy atom. The summed E-state index contributed by atoms with van der Waals surface area (Å²) in [7, 11) is 0. The molecular weight excluding hydrogens is 412 g/mol. The molecule has 9 heteroatoms. The Morgan fingerprint density at radius 2 is 2.00 bits per heavy atom. The molecular formula is C23H26N4O5. The molecule has 1 aromatic carbocycles. The van der Waals surface area contributed by atoms with Crippen LogP contribution < -0.4 is 4.74 Å². The Balaban J connectivity index is 1.29. The van der Waals surface area contributed by atoms with Crippen LogP contribution in [0.5, 0.6) is 5.75 Å². The minimum atomic E-state index is -0.707. The number of aliphatic hydroxyl groups is 3. The van der Waals surface area contributed by atoms with Gasteiger partial charge in [0.2, 0.25) is 5.76 Å². The number of rotatable bonds is 8. The first kappa shape index (κ1) is 22.0. The second kappa shape index (κ2) is 9.97. The quantitative estimate of drug-likeness (QED) is 0.442. The molecule has 3 N–H and O–H groups in total. The van der Waals surface area contributed by atoms with Crippen LogP contribution in [0.4, 0.5) is 0 Å². The maximum Gasteiger partial charge on any atom is 0.210 e. The number of nitrogens with zero attached hydrogens (tertiary/aromatic N) is 4. The van der Waals surface area contributed by atoms with E-state index in [1.54, 1.807) is 25.4 Å². The van der Waals surface area contributed by atoms with Gasteiger partial charge in [-0.2, -0.15) is 0 Å². The van der Waals surface area contributed by atoms with E-state index in [9.17, 15) is 10.2 Å². The first-order valence-corrected chi connectivity index (χ1v) is 10.4. The normalized spacial score (nSPS) is 16.1. The highest BCUT2D eigenvalue weighted by Gasteiger charge is 2.29. The molecule has 0 amide bonds. The van der Waals surface area contributed by atoms with Crippen molar-refractivity contribution in [3.63, 3.8) is 0 Å². The summed E-state index contributed by atoms with van der Waals surface area (Å²) in [5.41, 5.74) is 1.52. The van der Waals surface area contributed by atoms with Crippen molar-refractivity contribution < 1.29 is 24.6 Å². The van der Waals surface area contributed by atoms with Crippen LogP contribution in [0.3, 0.4) is 0 Å². The lowest BCUT2D eigenvalue weighted by atomic mass is 10.1. The van der Waals surface area contributed by atoms with Gasteiger partial charge in [0.1, 0.15) is 29.5 Å². The van der Waals surface area contributed by atoms with E-state index < -0.39 is 12.2 Å². The van der Waals surface area contributed by atoms with Gasteiger partial charge in [-0.1, -0.05) is 11.1 Å². The maximum absolute atomic E-state index is 9.75. The van der Waals surface area contributed by atoms with Gasteiger partial charge in [-0.25, -0.2) is 4.98 Å². The fraction of sp³-hybridized carbons (Fsp3) is 0.391. The van der Waals surface area contributed by atoms with Crippen LogP contribution in [0.15, 0.2) is 47.2 Å². The Bertz CT molecular complexity index is 1070. The SMILES string of the molecule is C[C@H](O)c1nccn1Cc1cc(C#Cc2ccc(OC3CN(CC(O)CO)C3)cc2)on1. The third kappa shape index (κ3) is 5.55. The fourth-order valence-electron chi connectivity index (χ4n) is 3.49. The van der Waals surface area contributed by atoms with Crippen molar-refractivity contribution in [2.45, 2.75) is 31.8 Å². The van der Waals surface area contributed by atoms with E-state index in [0.717, 1.165) is 24.4 Å². The summed E-state index contributed by atoms with van der Waals surface area (Å²) in [6.45, 7) is 3.79. The van der Waals surface area contributed by atoms with Crippen molar-refractivity contribution in [2.24, 2.45) is 0 Å². The molecule has 0 radical (unpaired) electrons. The molecule has 4 rings (SSSR count). The van der Waals surface area contributed by atoms with Crippen molar-refractivity contribution in [3.05, 3.63) is 65.6 Å². The van der Waals surface area contributed by atoms with Crippen LogP contribution in [0, 0.1) is 11.8 Å². The van der Waals surface area contributed by atoms with Gasteiger partial charge in [0.15, 0.2) is 0 Å². The number of aromatic nitrogens is 3. The summed E-state index contributed by atoms with van der Waals surface area (Å²) < 4.78 is 13.0. The average molecular weight is 438 g/mol. The predicted octanol–water partition coefficient (Wildman–Crippen LogP) is 0.789. The summed E-state index contributed by atoms with van der Waals surface area (Å²) in [5, 5.41) is 32.1. The molecule has 1 aliphatic heterocycles. The predicted molar refractivity (Wildman–Crippen MR) is 115 cm³/mol. The highest BCUT2D eigenvalue weighted by Crippen LogP contribution is 2.19. The smallest absolute Gasteiger partial charge is 0.210 e. The second-order valence-electron chi connectivity index (χ2n) is 7.84. The third-order valence-corrected chi connectivity index (χ3v) is 5.10. The van der Waals surface area contributed by atoms with Gasteiger partial charge < -0.3 is 29.1 Å². The lowest BCUT2D eigenvalue weighted by molar-refractivity contribution is -0.0201. The molecule has 32 heavy (non-hydrogen) atoms. The van der Waals surface area contributed by atoms with Gasteiger partial charge >= 0.3 is 0 Å². The van der Waals surface area contributed by atoms with Gasteiger partial charge in [0.25, 0.3) is 0 Å². The van der Waals surface area contributed by atoms with Crippen molar-refractivity contribution in [3.8, 4) is 17.6 Å². The molecule has 168 valence electrons. The molecule has 3 aromatic rings. The number of hydrogen-bond donors (Lipinski definition) is 3. The van der Waals surface area contributed by atoms with Gasteiger partial charge in [0, 0.05) is 43.7 Å². The molecule has 0 saturated carbocycles. The molecule has 0 aliphatic carbocycles.